The van der Waals surface area contributed by atoms with E-state index in [1.807, 2.05) is 18.5 Å². The number of hydrogen-bond acceptors (Lipinski definition) is 6. The summed E-state index contributed by atoms with van der Waals surface area (Å²) in [6.45, 7) is 7.50. The van der Waals surface area contributed by atoms with Gasteiger partial charge in [-0.15, -0.1) is 24.8 Å². The number of ether oxygens (including phenoxy) is 1. The van der Waals surface area contributed by atoms with Crippen LogP contribution in [0.3, 0.4) is 0 Å². The molecular weight excluding hydrogens is 373 g/mol. The SMILES string of the molecule is Cl.Cl.c1cnc(N2CCCN(C3CCOC4(CCNCC4)C3)CC2)nc1. The highest BCUT2D eigenvalue weighted by molar-refractivity contribution is 5.85. The van der Waals surface area contributed by atoms with Crippen LogP contribution in [0.5, 0.6) is 0 Å². The molecule has 1 unspecified atom stereocenters. The Balaban J connectivity index is 0.00000121. The van der Waals surface area contributed by atoms with Crippen molar-refractivity contribution in [1.82, 2.24) is 20.2 Å². The zero-order chi connectivity index (χ0) is 16.2. The van der Waals surface area contributed by atoms with Crippen molar-refractivity contribution in [2.75, 3.05) is 50.8 Å². The second-order valence-corrected chi connectivity index (χ2v) is 7.35. The van der Waals surface area contributed by atoms with Gasteiger partial charge in [0.25, 0.3) is 0 Å². The molecule has 1 aromatic rings. The Morgan fingerprint density at radius 1 is 1.04 bits per heavy atom. The molecule has 1 spiro atoms. The van der Waals surface area contributed by atoms with Gasteiger partial charge in [0.2, 0.25) is 5.95 Å². The van der Waals surface area contributed by atoms with Gasteiger partial charge in [0.1, 0.15) is 0 Å². The molecule has 3 aliphatic heterocycles. The fourth-order valence-electron chi connectivity index (χ4n) is 4.50. The van der Waals surface area contributed by atoms with Gasteiger partial charge in [-0.05, 0) is 51.3 Å². The maximum Gasteiger partial charge on any atom is 0.225 e. The fraction of sp³-hybridized carbons (Fsp3) is 0.778. The van der Waals surface area contributed by atoms with Gasteiger partial charge in [-0.2, -0.15) is 0 Å². The Hall–Kier alpha value is -0.660. The van der Waals surface area contributed by atoms with Gasteiger partial charge in [-0.3, -0.25) is 4.90 Å². The quantitative estimate of drug-likeness (QED) is 0.815. The van der Waals surface area contributed by atoms with E-state index in [0.29, 0.717) is 6.04 Å². The van der Waals surface area contributed by atoms with Crippen LogP contribution in [0.4, 0.5) is 5.95 Å². The zero-order valence-electron chi connectivity index (χ0n) is 15.3. The van der Waals surface area contributed by atoms with Gasteiger partial charge < -0.3 is 15.0 Å². The minimum atomic E-state index is 0. The Bertz CT molecular complexity index is 524. The summed E-state index contributed by atoms with van der Waals surface area (Å²) in [7, 11) is 0. The summed E-state index contributed by atoms with van der Waals surface area (Å²) in [5, 5.41) is 3.47. The second-order valence-electron chi connectivity index (χ2n) is 7.35. The third-order valence-electron chi connectivity index (χ3n) is 5.86. The van der Waals surface area contributed by atoms with Crippen LogP contribution >= 0.6 is 24.8 Å². The highest BCUT2D eigenvalue weighted by Crippen LogP contribution is 2.35. The predicted octanol–water partition coefficient (Wildman–Crippen LogP) is 2.13. The molecule has 3 aliphatic rings. The van der Waals surface area contributed by atoms with E-state index in [9.17, 15) is 0 Å². The van der Waals surface area contributed by atoms with Crippen LogP contribution < -0.4 is 10.2 Å². The lowest BCUT2D eigenvalue weighted by Crippen LogP contribution is -2.53. The summed E-state index contributed by atoms with van der Waals surface area (Å²) in [4.78, 5) is 13.9. The molecule has 4 heterocycles. The van der Waals surface area contributed by atoms with Crippen molar-refractivity contribution >= 4 is 30.8 Å². The van der Waals surface area contributed by atoms with Gasteiger partial charge in [0, 0.05) is 51.2 Å². The molecule has 6 nitrogen and oxygen atoms in total. The molecule has 4 rings (SSSR count). The number of nitrogens with one attached hydrogen (secondary N) is 1. The maximum atomic E-state index is 6.25. The minimum absolute atomic E-state index is 0. The summed E-state index contributed by atoms with van der Waals surface area (Å²) in [6.07, 6.45) is 9.58. The average molecular weight is 404 g/mol. The number of anilines is 1. The molecule has 0 aliphatic carbocycles. The third-order valence-corrected chi connectivity index (χ3v) is 5.86. The molecule has 1 atom stereocenters. The van der Waals surface area contributed by atoms with Crippen LogP contribution in [0.1, 0.15) is 32.1 Å². The molecule has 0 saturated carbocycles. The summed E-state index contributed by atoms with van der Waals surface area (Å²) in [6, 6.07) is 2.56. The summed E-state index contributed by atoms with van der Waals surface area (Å²) < 4.78 is 6.25. The van der Waals surface area contributed by atoms with E-state index in [1.165, 1.54) is 38.6 Å². The van der Waals surface area contributed by atoms with Crippen LogP contribution in [0.15, 0.2) is 18.5 Å². The zero-order valence-corrected chi connectivity index (χ0v) is 16.9. The Morgan fingerprint density at radius 2 is 1.81 bits per heavy atom. The lowest BCUT2D eigenvalue weighted by atomic mass is 9.82. The van der Waals surface area contributed by atoms with Crippen molar-refractivity contribution in [2.24, 2.45) is 0 Å². The van der Waals surface area contributed by atoms with Crippen molar-refractivity contribution < 1.29 is 4.74 Å². The minimum Gasteiger partial charge on any atom is -0.375 e. The first-order chi connectivity index (χ1) is 11.8. The van der Waals surface area contributed by atoms with Crippen molar-refractivity contribution in [3.63, 3.8) is 0 Å². The molecule has 26 heavy (non-hydrogen) atoms. The van der Waals surface area contributed by atoms with Crippen LogP contribution in [0, 0.1) is 0 Å². The predicted molar refractivity (Wildman–Crippen MR) is 109 cm³/mol. The second kappa shape index (κ2) is 10.0. The molecule has 3 fully saturated rings. The maximum absolute atomic E-state index is 6.25. The van der Waals surface area contributed by atoms with Crippen molar-refractivity contribution in [1.29, 1.82) is 0 Å². The van der Waals surface area contributed by atoms with E-state index in [1.54, 1.807) is 0 Å². The largest absolute Gasteiger partial charge is 0.375 e. The van der Waals surface area contributed by atoms with Crippen LogP contribution in [0.2, 0.25) is 0 Å². The van der Waals surface area contributed by atoms with E-state index in [4.69, 9.17) is 4.74 Å². The van der Waals surface area contributed by atoms with Crippen molar-refractivity contribution in [3.8, 4) is 0 Å². The summed E-state index contributed by atoms with van der Waals surface area (Å²) >= 11 is 0. The average Bonchev–Trinajstić information content (AvgIpc) is 2.89. The summed E-state index contributed by atoms with van der Waals surface area (Å²) in [5.41, 5.74) is 0.142. The monoisotopic (exact) mass is 403 g/mol. The van der Waals surface area contributed by atoms with Gasteiger partial charge >= 0.3 is 0 Å². The van der Waals surface area contributed by atoms with Gasteiger partial charge in [0.05, 0.1) is 5.60 Å². The molecular formula is C18H31Cl2N5O. The number of halogens is 2. The lowest BCUT2D eigenvalue weighted by Gasteiger charge is -2.46. The van der Waals surface area contributed by atoms with Gasteiger partial charge in [-0.1, -0.05) is 0 Å². The smallest absolute Gasteiger partial charge is 0.225 e. The number of aromatic nitrogens is 2. The Kier molecular flexibility index (Phi) is 8.36. The number of rotatable bonds is 2. The van der Waals surface area contributed by atoms with E-state index >= 15 is 0 Å². The number of piperidine rings is 1. The molecule has 1 aromatic heterocycles. The molecule has 8 heteroatoms. The molecule has 148 valence electrons. The molecule has 0 aromatic carbocycles. The first-order valence-corrected chi connectivity index (χ1v) is 9.45. The standard InChI is InChI=1S/C18H29N5O.2ClH/c1-6-20-17(21-7-1)23-11-2-10-22(12-13-23)16-3-14-24-18(15-16)4-8-19-9-5-18;;/h1,6-7,16,19H,2-5,8-15H2;2*1H. The Labute approximate surface area is 168 Å². The van der Waals surface area contributed by atoms with E-state index in [0.717, 1.165) is 45.3 Å². The number of hydrogen-bond donors (Lipinski definition) is 1. The van der Waals surface area contributed by atoms with Crippen LogP contribution in [0.25, 0.3) is 0 Å². The number of nitrogens with zero attached hydrogens (tertiary/aromatic N) is 4. The highest BCUT2D eigenvalue weighted by atomic mass is 35.5. The lowest BCUT2D eigenvalue weighted by molar-refractivity contribution is -0.120. The van der Waals surface area contributed by atoms with E-state index < -0.39 is 0 Å². The highest BCUT2D eigenvalue weighted by Gasteiger charge is 2.40. The topological polar surface area (TPSA) is 53.5 Å². The van der Waals surface area contributed by atoms with Crippen LogP contribution in [-0.2, 0) is 4.74 Å². The third kappa shape index (κ3) is 4.98. The molecule has 0 amide bonds. The normalized spacial score (nSPS) is 26.5. The summed E-state index contributed by atoms with van der Waals surface area (Å²) in [5.74, 6) is 0.876. The van der Waals surface area contributed by atoms with Crippen LogP contribution in [-0.4, -0.2) is 72.4 Å². The first kappa shape index (κ1) is 21.6. The molecule has 0 radical (unpaired) electrons. The molecule has 3 saturated heterocycles. The molecule has 0 bridgehead atoms. The molecule has 1 N–H and O–H groups in total. The van der Waals surface area contributed by atoms with Gasteiger partial charge in [-0.25, -0.2) is 9.97 Å². The van der Waals surface area contributed by atoms with Crippen molar-refractivity contribution in [2.45, 2.75) is 43.7 Å². The fourth-order valence-corrected chi connectivity index (χ4v) is 4.50. The van der Waals surface area contributed by atoms with Gasteiger partial charge in [0.15, 0.2) is 0 Å². The van der Waals surface area contributed by atoms with Crippen molar-refractivity contribution in [3.05, 3.63) is 18.5 Å². The Morgan fingerprint density at radius 3 is 2.58 bits per heavy atom. The van der Waals surface area contributed by atoms with E-state index in [-0.39, 0.29) is 30.4 Å². The van der Waals surface area contributed by atoms with E-state index in [2.05, 4.69) is 25.1 Å². The first-order valence-electron chi connectivity index (χ1n) is 9.45.